The smallest absolute Gasteiger partial charge is 0.251 e. The largest absolute Gasteiger partial charge is 0.348 e. The number of aromatic amines is 1. The maximum atomic E-state index is 13.5. The molecule has 0 saturated heterocycles. The molecule has 2 aromatic carbocycles. The number of aliphatic imine (C=N–C) groups is 1. The van der Waals surface area contributed by atoms with Crippen molar-refractivity contribution in [3.63, 3.8) is 0 Å². The zero-order chi connectivity index (χ0) is 22.8. The fraction of sp³-hybridized carbons (Fsp3) is 0.0833. The molecule has 0 spiro atoms. The van der Waals surface area contributed by atoms with Crippen LogP contribution in [0.3, 0.4) is 0 Å². The highest BCUT2D eigenvalue weighted by Crippen LogP contribution is 2.29. The molecule has 1 aliphatic rings. The van der Waals surface area contributed by atoms with E-state index in [0.717, 1.165) is 22.0 Å². The number of carbonyl (C=O) groups is 1. The van der Waals surface area contributed by atoms with Gasteiger partial charge in [0.2, 0.25) is 0 Å². The third kappa shape index (κ3) is 4.47. The van der Waals surface area contributed by atoms with Crippen molar-refractivity contribution in [2.45, 2.75) is 12.6 Å². The lowest BCUT2D eigenvalue weighted by atomic mass is 9.97. The van der Waals surface area contributed by atoms with Gasteiger partial charge in [0.15, 0.2) is 0 Å². The van der Waals surface area contributed by atoms with Crippen LogP contribution in [0.4, 0.5) is 4.39 Å². The van der Waals surface area contributed by atoms with Crippen molar-refractivity contribution >= 4 is 34.2 Å². The first kappa shape index (κ1) is 20.8. The molecule has 33 heavy (non-hydrogen) atoms. The summed E-state index contributed by atoms with van der Waals surface area (Å²) in [5, 5.41) is 14.2. The van der Waals surface area contributed by atoms with Crippen LogP contribution in [0.1, 0.15) is 22.7 Å². The molecule has 7 nitrogen and oxygen atoms in total. The Morgan fingerprint density at radius 2 is 1.97 bits per heavy atom. The van der Waals surface area contributed by atoms with Crippen LogP contribution in [-0.4, -0.2) is 26.9 Å². The molecule has 2 aromatic heterocycles. The van der Waals surface area contributed by atoms with E-state index >= 15 is 0 Å². The van der Waals surface area contributed by atoms with E-state index in [1.54, 1.807) is 42.9 Å². The van der Waals surface area contributed by atoms with Crippen LogP contribution in [0.25, 0.3) is 10.9 Å². The molecule has 1 amide bonds. The third-order valence-corrected chi connectivity index (χ3v) is 5.53. The van der Waals surface area contributed by atoms with Gasteiger partial charge in [0.05, 0.1) is 17.3 Å². The van der Waals surface area contributed by atoms with Crippen LogP contribution in [0, 0.1) is 5.82 Å². The molecule has 1 unspecified atom stereocenters. The fourth-order valence-electron chi connectivity index (χ4n) is 3.64. The summed E-state index contributed by atoms with van der Waals surface area (Å²) in [5.41, 5.74) is 3.70. The summed E-state index contributed by atoms with van der Waals surface area (Å²) >= 11 is 6.02. The van der Waals surface area contributed by atoms with E-state index in [4.69, 9.17) is 16.6 Å². The lowest BCUT2D eigenvalue weighted by Gasteiger charge is -2.23. The van der Waals surface area contributed by atoms with Crippen LogP contribution in [0.15, 0.2) is 83.8 Å². The van der Waals surface area contributed by atoms with Gasteiger partial charge in [0.1, 0.15) is 22.8 Å². The number of halogens is 2. The van der Waals surface area contributed by atoms with E-state index in [1.807, 2.05) is 18.2 Å². The predicted molar refractivity (Wildman–Crippen MR) is 124 cm³/mol. The quantitative estimate of drug-likeness (QED) is 0.392. The molecule has 5 rings (SSSR count). The van der Waals surface area contributed by atoms with Crippen molar-refractivity contribution in [1.29, 1.82) is 0 Å². The molecule has 3 heterocycles. The zero-order valence-corrected chi connectivity index (χ0v) is 18.0. The van der Waals surface area contributed by atoms with Crippen molar-refractivity contribution in [1.82, 2.24) is 25.8 Å². The minimum Gasteiger partial charge on any atom is -0.348 e. The lowest BCUT2D eigenvalue weighted by molar-refractivity contribution is -0.118. The minimum atomic E-state index is -0.620. The number of carbonyl (C=O) groups excluding carboxylic acids is 1. The second-order valence-electron chi connectivity index (χ2n) is 7.52. The standard InChI is InChI=1S/C24H18ClFN6O/c25-21-10-16(7-8-27-21)23-28-13-19(22(31-23)15-2-4-18(26)5-3-15)24(33)29-11-14-1-6-20-17(9-14)12-30-32-20/h1-10,12-13,22H,11H2,(H,28,31)(H,29,33)(H,30,32). The molecule has 4 aromatic rings. The molecule has 3 N–H and O–H groups in total. The third-order valence-electron chi connectivity index (χ3n) is 5.32. The number of aromatic nitrogens is 3. The second-order valence-corrected chi connectivity index (χ2v) is 7.90. The zero-order valence-electron chi connectivity index (χ0n) is 17.2. The predicted octanol–water partition coefficient (Wildman–Crippen LogP) is 4.04. The Bertz CT molecular complexity index is 1400. The van der Waals surface area contributed by atoms with Crippen molar-refractivity contribution in [3.05, 3.63) is 106 Å². The highest BCUT2D eigenvalue weighted by Gasteiger charge is 2.26. The Balaban J connectivity index is 1.40. The Morgan fingerprint density at radius 1 is 1.12 bits per heavy atom. The average Bonchev–Trinajstić information content (AvgIpc) is 3.31. The molecular formula is C24H18ClFN6O. The summed E-state index contributed by atoms with van der Waals surface area (Å²) in [5.74, 6) is -0.0994. The number of nitrogens with one attached hydrogen (secondary N) is 3. The van der Waals surface area contributed by atoms with Gasteiger partial charge in [0.25, 0.3) is 5.91 Å². The summed E-state index contributed by atoms with van der Waals surface area (Å²) in [6.07, 6.45) is 4.94. The molecule has 0 aliphatic carbocycles. The number of nitrogens with zero attached hydrogens (tertiary/aromatic N) is 3. The number of rotatable bonds is 5. The van der Waals surface area contributed by atoms with E-state index in [2.05, 4.69) is 25.8 Å². The van der Waals surface area contributed by atoms with Gasteiger partial charge in [-0.2, -0.15) is 5.10 Å². The maximum absolute atomic E-state index is 13.5. The number of amides is 1. The molecule has 0 radical (unpaired) electrons. The first-order chi connectivity index (χ1) is 16.1. The van der Waals surface area contributed by atoms with Gasteiger partial charge in [-0.1, -0.05) is 29.8 Å². The van der Waals surface area contributed by atoms with Crippen LogP contribution in [-0.2, 0) is 11.3 Å². The number of benzene rings is 2. The number of H-pyrrole nitrogens is 1. The number of hydrogen-bond donors (Lipinski definition) is 3. The van der Waals surface area contributed by atoms with Crippen LogP contribution in [0.2, 0.25) is 5.15 Å². The van der Waals surface area contributed by atoms with E-state index in [9.17, 15) is 9.18 Å². The minimum absolute atomic E-state index is 0.278. The topological polar surface area (TPSA) is 95.1 Å². The highest BCUT2D eigenvalue weighted by molar-refractivity contribution is 6.29. The summed E-state index contributed by atoms with van der Waals surface area (Å²) in [6, 6.07) is 14.6. The molecule has 1 atom stereocenters. The Labute approximate surface area is 193 Å². The van der Waals surface area contributed by atoms with Gasteiger partial charge < -0.3 is 10.6 Å². The van der Waals surface area contributed by atoms with Crippen molar-refractivity contribution in [3.8, 4) is 0 Å². The monoisotopic (exact) mass is 460 g/mol. The molecule has 1 aliphatic heterocycles. The Kier molecular flexibility index (Phi) is 5.58. The lowest BCUT2D eigenvalue weighted by Crippen LogP contribution is -2.33. The maximum Gasteiger partial charge on any atom is 0.251 e. The van der Waals surface area contributed by atoms with Crippen LogP contribution in [0.5, 0.6) is 0 Å². The van der Waals surface area contributed by atoms with E-state index in [-0.39, 0.29) is 11.7 Å². The van der Waals surface area contributed by atoms with Gasteiger partial charge >= 0.3 is 0 Å². The Hall–Kier alpha value is -4.04. The molecule has 9 heteroatoms. The van der Waals surface area contributed by atoms with Crippen molar-refractivity contribution < 1.29 is 9.18 Å². The summed E-state index contributed by atoms with van der Waals surface area (Å²) in [4.78, 5) is 21.8. The molecule has 0 fully saturated rings. The van der Waals surface area contributed by atoms with Gasteiger partial charge in [-0.15, -0.1) is 0 Å². The van der Waals surface area contributed by atoms with Crippen molar-refractivity contribution in [2.24, 2.45) is 4.99 Å². The SMILES string of the molecule is O=C(NCc1ccc2[nH]ncc2c1)C1=CNC(c2ccnc(Cl)c2)=NC1c1ccc(F)cc1. The van der Waals surface area contributed by atoms with Crippen LogP contribution >= 0.6 is 11.6 Å². The number of hydrogen-bond acceptors (Lipinski definition) is 5. The fourth-order valence-corrected chi connectivity index (χ4v) is 3.82. The van der Waals surface area contributed by atoms with E-state index in [1.165, 1.54) is 12.1 Å². The Morgan fingerprint density at radius 3 is 2.79 bits per heavy atom. The molecular weight excluding hydrogens is 443 g/mol. The summed E-state index contributed by atoms with van der Waals surface area (Å²) < 4.78 is 13.5. The van der Waals surface area contributed by atoms with Gasteiger partial charge in [-0.25, -0.2) is 9.37 Å². The molecule has 0 bridgehead atoms. The highest BCUT2D eigenvalue weighted by atomic mass is 35.5. The molecule has 164 valence electrons. The first-order valence-corrected chi connectivity index (χ1v) is 10.6. The van der Waals surface area contributed by atoms with Crippen molar-refractivity contribution in [2.75, 3.05) is 0 Å². The number of pyridine rings is 1. The summed E-state index contributed by atoms with van der Waals surface area (Å²) in [6.45, 7) is 0.337. The summed E-state index contributed by atoms with van der Waals surface area (Å²) in [7, 11) is 0. The normalized spacial score (nSPS) is 15.5. The average molecular weight is 461 g/mol. The van der Waals surface area contributed by atoms with Gasteiger partial charge in [-0.05, 0) is 47.5 Å². The second kappa shape index (κ2) is 8.84. The van der Waals surface area contributed by atoms with Crippen LogP contribution < -0.4 is 10.6 Å². The molecule has 0 saturated carbocycles. The van der Waals surface area contributed by atoms with E-state index in [0.29, 0.717) is 28.7 Å². The van der Waals surface area contributed by atoms with E-state index < -0.39 is 6.04 Å². The van der Waals surface area contributed by atoms with Gasteiger partial charge in [-0.3, -0.25) is 14.9 Å². The first-order valence-electron chi connectivity index (χ1n) is 10.2. The number of amidine groups is 1. The number of fused-ring (bicyclic) bond motifs is 1. The van der Waals surface area contributed by atoms with Gasteiger partial charge in [0, 0.05) is 29.9 Å².